The number of Topliss-reactive ketones (excluding diaryl/α,β-unsaturated/α-hetero) is 1. The fourth-order valence-corrected chi connectivity index (χ4v) is 2.67. The van der Waals surface area contributed by atoms with Crippen LogP contribution >= 0.6 is 34.2 Å². The molecule has 0 N–H and O–H groups in total. The lowest BCUT2D eigenvalue weighted by molar-refractivity contribution is 0.0991. The van der Waals surface area contributed by atoms with Crippen molar-refractivity contribution < 1.29 is 9.18 Å². The summed E-state index contributed by atoms with van der Waals surface area (Å²) in [7, 11) is 0. The lowest BCUT2D eigenvalue weighted by Gasteiger charge is -2.07. The van der Waals surface area contributed by atoms with E-state index in [2.05, 4.69) is 22.6 Å². The van der Waals surface area contributed by atoms with Crippen LogP contribution in [0.5, 0.6) is 0 Å². The number of carbonyl (C=O) groups excluding carboxylic acids is 1. The van der Waals surface area contributed by atoms with Gasteiger partial charge < -0.3 is 0 Å². The molecule has 98 valence electrons. The van der Waals surface area contributed by atoms with E-state index in [0.29, 0.717) is 11.1 Å². The maximum Gasteiger partial charge on any atom is 0.168 e. The second kappa shape index (κ2) is 6.01. The van der Waals surface area contributed by atoms with Crippen molar-refractivity contribution in [2.45, 2.75) is 13.3 Å². The van der Waals surface area contributed by atoms with Crippen LogP contribution in [0, 0.1) is 16.3 Å². The molecule has 0 saturated carbocycles. The van der Waals surface area contributed by atoms with Crippen LogP contribution < -0.4 is 0 Å². The van der Waals surface area contributed by atoms with Gasteiger partial charge in [-0.1, -0.05) is 41.9 Å². The Hall–Kier alpha value is -0.940. The minimum atomic E-state index is -0.514. The molecule has 0 spiro atoms. The van der Waals surface area contributed by atoms with Gasteiger partial charge >= 0.3 is 0 Å². The summed E-state index contributed by atoms with van der Waals surface area (Å²) in [4.78, 5) is 12.2. The van der Waals surface area contributed by atoms with Gasteiger partial charge in [0, 0.05) is 15.6 Å². The standard InChI is InChI=1S/C15H11ClFIO/c1-9-4-2-6-11(15(9)18)13(19)8-10-5-3-7-12(16)14(10)17/h2-7H,8H2,1H3. The van der Waals surface area contributed by atoms with Crippen LogP contribution in [-0.4, -0.2) is 5.78 Å². The molecule has 19 heavy (non-hydrogen) atoms. The van der Waals surface area contributed by atoms with Crippen LogP contribution in [0.2, 0.25) is 5.02 Å². The molecule has 2 aromatic rings. The highest BCUT2D eigenvalue weighted by Crippen LogP contribution is 2.22. The first kappa shape index (κ1) is 14.5. The Morgan fingerprint density at radius 2 is 1.95 bits per heavy atom. The summed E-state index contributed by atoms with van der Waals surface area (Å²) < 4.78 is 14.7. The normalized spacial score (nSPS) is 10.5. The summed E-state index contributed by atoms with van der Waals surface area (Å²) in [6, 6.07) is 10.2. The van der Waals surface area contributed by atoms with E-state index in [1.807, 2.05) is 19.1 Å². The first-order chi connectivity index (χ1) is 9.00. The molecule has 1 nitrogen and oxygen atoms in total. The molecule has 0 heterocycles. The summed E-state index contributed by atoms with van der Waals surface area (Å²) in [5.74, 6) is -0.616. The lowest BCUT2D eigenvalue weighted by atomic mass is 10.0. The maximum atomic E-state index is 13.8. The fraction of sp³-hybridized carbons (Fsp3) is 0.133. The number of hydrogen-bond donors (Lipinski definition) is 0. The van der Waals surface area contributed by atoms with Crippen LogP contribution in [0.25, 0.3) is 0 Å². The summed E-state index contributed by atoms with van der Waals surface area (Å²) in [6.45, 7) is 1.94. The summed E-state index contributed by atoms with van der Waals surface area (Å²) in [5.41, 5.74) is 1.99. The Labute approximate surface area is 129 Å². The van der Waals surface area contributed by atoms with Crippen molar-refractivity contribution >= 4 is 40.0 Å². The lowest BCUT2D eigenvalue weighted by Crippen LogP contribution is -2.08. The van der Waals surface area contributed by atoms with Crippen molar-refractivity contribution in [2.75, 3.05) is 0 Å². The topological polar surface area (TPSA) is 17.1 Å². The molecule has 0 aromatic heterocycles. The Bertz CT molecular complexity index is 640. The summed E-state index contributed by atoms with van der Waals surface area (Å²) >= 11 is 7.85. The number of ketones is 1. The molecule has 0 amide bonds. The van der Waals surface area contributed by atoms with Gasteiger partial charge in [-0.15, -0.1) is 0 Å². The van der Waals surface area contributed by atoms with E-state index in [0.717, 1.165) is 9.13 Å². The first-order valence-corrected chi connectivity index (χ1v) is 7.17. The monoisotopic (exact) mass is 388 g/mol. The van der Waals surface area contributed by atoms with Gasteiger partial charge in [-0.2, -0.15) is 0 Å². The van der Waals surface area contributed by atoms with Crippen molar-refractivity contribution in [2.24, 2.45) is 0 Å². The van der Waals surface area contributed by atoms with Gasteiger partial charge in [0.1, 0.15) is 5.82 Å². The van der Waals surface area contributed by atoms with Crippen LogP contribution in [0.3, 0.4) is 0 Å². The Morgan fingerprint density at radius 3 is 2.68 bits per heavy atom. The average molecular weight is 389 g/mol. The van der Waals surface area contributed by atoms with Gasteiger partial charge in [0.05, 0.1) is 5.02 Å². The van der Waals surface area contributed by atoms with Gasteiger partial charge in [-0.25, -0.2) is 4.39 Å². The number of aryl methyl sites for hydroxylation is 1. The first-order valence-electron chi connectivity index (χ1n) is 5.72. The van der Waals surface area contributed by atoms with Gasteiger partial charge in [0.25, 0.3) is 0 Å². The third kappa shape index (κ3) is 3.15. The zero-order chi connectivity index (χ0) is 14.0. The van der Waals surface area contributed by atoms with Gasteiger partial charge in [0.15, 0.2) is 5.78 Å². The van der Waals surface area contributed by atoms with Gasteiger partial charge in [0.2, 0.25) is 0 Å². The number of halogens is 3. The smallest absolute Gasteiger partial charge is 0.168 e. The second-order valence-corrected chi connectivity index (χ2v) is 5.74. The molecule has 0 aliphatic rings. The highest BCUT2D eigenvalue weighted by molar-refractivity contribution is 14.1. The summed E-state index contributed by atoms with van der Waals surface area (Å²) in [5, 5.41) is 0.0456. The van der Waals surface area contributed by atoms with E-state index in [4.69, 9.17) is 11.6 Å². The van der Waals surface area contributed by atoms with Crippen molar-refractivity contribution in [3.63, 3.8) is 0 Å². The van der Waals surface area contributed by atoms with Crippen LogP contribution in [-0.2, 0) is 6.42 Å². The fourth-order valence-electron chi connectivity index (χ4n) is 1.82. The number of hydrogen-bond acceptors (Lipinski definition) is 1. The van der Waals surface area contributed by atoms with E-state index in [-0.39, 0.29) is 17.2 Å². The van der Waals surface area contributed by atoms with Crippen molar-refractivity contribution in [1.82, 2.24) is 0 Å². The van der Waals surface area contributed by atoms with Crippen molar-refractivity contribution in [3.05, 3.63) is 67.5 Å². The predicted molar refractivity (Wildman–Crippen MR) is 83.3 cm³/mol. The minimum absolute atomic E-state index is 0.0197. The zero-order valence-corrected chi connectivity index (χ0v) is 13.1. The predicted octanol–water partition coefficient (Wildman–Crippen LogP) is 4.82. The molecule has 0 bridgehead atoms. The summed E-state index contributed by atoms with van der Waals surface area (Å²) in [6.07, 6.45) is 0.0197. The Kier molecular flexibility index (Phi) is 4.58. The molecule has 0 atom stereocenters. The van der Waals surface area contributed by atoms with Crippen LogP contribution in [0.15, 0.2) is 36.4 Å². The zero-order valence-electron chi connectivity index (χ0n) is 10.2. The van der Waals surface area contributed by atoms with Crippen LogP contribution in [0.1, 0.15) is 21.5 Å². The molecular weight excluding hydrogens is 378 g/mol. The molecule has 0 fully saturated rings. The molecule has 0 unspecified atom stereocenters. The van der Waals surface area contributed by atoms with E-state index >= 15 is 0 Å². The van der Waals surface area contributed by atoms with E-state index < -0.39 is 5.82 Å². The molecule has 0 aliphatic heterocycles. The third-order valence-corrected chi connectivity index (χ3v) is 4.60. The highest BCUT2D eigenvalue weighted by Gasteiger charge is 2.15. The number of rotatable bonds is 3. The third-order valence-electron chi connectivity index (χ3n) is 2.87. The molecule has 2 rings (SSSR count). The largest absolute Gasteiger partial charge is 0.294 e. The molecule has 2 aromatic carbocycles. The quantitative estimate of drug-likeness (QED) is 0.544. The van der Waals surface area contributed by atoms with E-state index in [9.17, 15) is 9.18 Å². The Balaban J connectivity index is 2.31. The number of carbonyl (C=O) groups is 1. The van der Waals surface area contributed by atoms with E-state index in [1.165, 1.54) is 6.07 Å². The second-order valence-electron chi connectivity index (χ2n) is 4.25. The molecule has 0 saturated heterocycles. The molecule has 0 radical (unpaired) electrons. The minimum Gasteiger partial charge on any atom is -0.294 e. The molecule has 4 heteroatoms. The Morgan fingerprint density at radius 1 is 1.26 bits per heavy atom. The number of benzene rings is 2. The highest BCUT2D eigenvalue weighted by atomic mass is 127. The van der Waals surface area contributed by atoms with Crippen molar-refractivity contribution in [1.29, 1.82) is 0 Å². The molecule has 0 aliphatic carbocycles. The average Bonchev–Trinajstić information content (AvgIpc) is 2.38. The van der Waals surface area contributed by atoms with Gasteiger partial charge in [-0.05, 0) is 46.7 Å². The van der Waals surface area contributed by atoms with Crippen LogP contribution in [0.4, 0.5) is 4.39 Å². The van der Waals surface area contributed by atoms with Crippen molar-refractivity contribution in [3.8, 4) is 0 Å². The van der Waals surface area contributed by atoms with E-state index in [1.54, 1.807) is 18.2 Å². The molecular formula is C15H11ClFIO. The SMILES string of the molecule is Cc1cccc(C(=O)Cc2cccc(Cl)c2F)c1I. The maximum absolute atomic E-state index is 13.8. The van der Waals surface area contributed by atoms with Gasteiger partial charge in [-0.3, -0.25) is 4.79 Å².